The van der Waals surface area contributed by atoms with Gasteiger partial charge in [-0.3, -0.25) is 4.79 Å². The number of rotatable bonds is 2. The van der Waals surface area contributed by atoms with Crippen LogP contribution in [0.15, 0.2) is 18.3 Å². The molecule has 1 aromatic rings. The van der Waals surface area contributed by atoms with Crippen LogP contribution >= 0.6 is 0 Å². The maximum atomic E-state index is 11.4. The predicted molar refractivity (Wildman–Crippen MR) is 69.5 cm³/mol. The van der Waals surface area contributed by atoms with Crippen LogP contribution in [0.5, 0.6) is 0 Å². The van der Waals surface area contributed by atoms with E-state index >= 15 is 0 Å². The maximum Gasteiger partial charge on any atom is 0.159 e. The second kappa shape index (κ2) is 5.30. The van der Waals surface area contributed by atoms with Crippen molar-refractivity contribution in [3.63, 3.8) is 0 Å². The SMILES string of the molecule is CC(=O)c1ccnc(N2CCCC(C)CC2)c1. The molecule has 1 atom stereocenters. The van der Waals surface area contributed by atoms with Gasteiger partial charge in [-0.15, -0.1) is 0 Å². The predicted octanol–water partition coefficient (Wildman–Crippen LogP) is 2.91. The van der Waals surface area contributed by atoms with Crippen molar-refractivity contribution >= 4 is 11.6 Å². The average Bonchev–Trinajstić information content (AvgIpc) is 2.54. The quantitative estimate of drug-likeness (QED) is 0.735. The van der Waals surface area contributed by atoms with Crippen LogP contribution in [-0.2, 0) is 0 Å². The fraction of sp³-hybridized carbons (Fsp3) is 0.571. The molecule has 0 aliphatic carbocycles. The van der Waals surface area contributed by atoms with Crippen molar-refractivity contribution in [2.75, 3.05) is 18.0 Å². The van der Waals surface area contributed by atoms with E-state index in [0.29, 0.717) is 0 Å². The van der Waals surface area contributed by atoms with Crippen LogP contribution in [0.3, 0.4) is 0 Å². The van der Waals surface area contributed by atoms with E-state index in [1.807, 2.05) is 6.07 Å². The van der Waals surface area contributed by atoms with E-state index in [1.165, 1.54) is 19.3 Å². The van der Waals surface area contributed by atoms with Gasteiger partial charge in [0.1, 0.15) is 5.82 Å². The molecule has 1 aliphatic rings. The Balaban J connectivity index is 2.15. The number of carbonyl (C=O) groups is 1. The highest BCUT2D eigenvalue weighted by atomic mass is 16.1. The third kappa shape index (κ3) is 3.05. The van der Waals surface area contributed by atoms with Gasteiger partial charge in [0.05, 0.1) is 0 Å². The van der Waals surface area contributed by atoms with Crippen molar-refractivity contribution < 1.29 is 4.79 Å². The first-order valence-electron chi connectivity index (χ1n) is 6.39. The summed E-state index contributed by atoms with van der Waals surface area (Å²) in [6.07, 6.45) is 5.46. The molecule has 0 radical (unpaired) electrons. The molecule has 0 saturated carbocycles. The summed E-state index contributed by atoms with van der Waals surface area (Å²) in [5.74, 6) is 1.86. The van der Waals surface area contributed by atoms with Crippen LogP contribution in [0, 0.1) is 5.92 Å². The zero-order valence-electron chi connectivity index (χ0n) is 10.6. The van der Waals surface area contributed by atoms with Gasteiger partial charge in [0, 0.05) is 24.8 Å². The Morgan fingerprint density at radius 2 is 2.24 bits per heavy atom. The van der Waals surface area contributed by atoms with Crippen LogP contribution in [0.2, 0.25) is 0 Å². The summed E-state index contributed by atoms with van der Waals surface area (Å²) in [4.78, 5) is 18.0. The van der Waals surface area contributed by atoms with Crippen molar-refractivity contribution in [1.82, 2.24) is 4.98 Å². The van der Waals surface area contributed by atoms with Gasteiger partial charge in [-0.1, -0.05) is 6.92 Å². The number of nitrogens with zero attached hydrogens (tertiary/aromatic N) is 2. The molecule has 0 N–H and O–H groups in total. The highest BCUT2D eigenvalue weighted by Crippen LogP contribution is 2.21. The van der Waals surface area contributed by atoms with Gasteiger partial charge >= 0.3 is 0 Å². The van der Waals surface area contributed by atoms with E-state index < -0.39 is 0 Å². The van der Waals surface area contributed by atoms with Gasteiger partial charge in [-0.05, 0) is 44.2 Å². The molecular weight excluding hydrogens is 212 g/mol. The van der Waals surface area contributed by atoms with Crippen LogP contribution in [0.4, 0.5) is 5.82 Å². The monoisotopic (exact) mass is 232 g/mol. The van der Waals surface area contributed by atoms with Gasteiger partial charge in [-0.2, -0.15) is 0 Å². The summed E-state index contributed by atoms with van der Waals surface area (Å²) in [5.41, 5.74) is 0.757. The maximum absolute atomic E-state index is 11.4. The van der Waals surface area contributed by atoms with E-state index in [0.717, 1.165) is 30.4 Å². The minimum absolute atomic E-state index is 0.108. The van der Waals surface area contributed by atoms with Crippen molar-refractivity contribution in [1.29, 1.82) is 0 Å². The standard InChI is InChI=1S/C14H20N2O/c1-11-4-3-8-16(9-6-11)14-10-13(12(2)17)5-7-15-14/h5,7,10-11H,3-4,6,8-9H2,1-2H3. The lowest BCUT2D eigenvalue weighted by Crippen LogP contribution is -2.25. The second-order valence-electron chi connectivity index (χ2n) is 4.98. The Labute approximate surface area is 103 Å². The minimum Gasteiger partial charge on any atom is -0.357 e. The lowest BCUT2D eigenvalue weighted by Gasteiger charge is -2.21. The first kappa shape index (κ1) is 12.1. The topological polar surface area (TPSA) is 33.2 Å². The van der Waals surface area contributed by atoms with E-state index in [4.69, 9.17) is 0 Å². The summed E-state index contributed by atoms with van der Waals surface area (Å²) >= 11 is 0. The van der Waals surface area contributed by atoms with Gasteiger partial charge in [-0.25, -0.2) is 4.98 Å². The van der Waals surface area contributed by atoms with E-state index in [2.05, 4.69) is 16.8 Å². The Bertz CT molecular complexity index is 403. The first-order valence-corrected chi connectivity index (χ1v) is 6.39. The van der Waals surface area contributed by atoms with E-state index in [9.17, 15) is 4.79 Å². The Morgan fingerprint density at radius 3 is 3.00 bits per heavy atom. The third-order valence-electron chi connectivity index (χ3n) is 3.49. The summed E-state index contributed by atoms with van der Waals surface area (Å²) < 4.78 is 0. The van der Waals surface area contributed by atoms with Crippen LogP contribution < -0.4 is 4.90 Å². The largest absolute Gasteiger partial charge is 0.357 e. The molecule has 1 aromatic heterocycles. The van der Waals surface area contributed by atoms with Crippen molar-refractivity contribution in [3.05, 3.63) is 23.9 Å². The molecule has 1 saturated heterocycles. The van der Waals surface area contributed by atoms with Gasteiger partial charge < -0.3 is 4.90 Å². The molecule has 92 valence electrons. The van der Waals surface area contributed by atoms with Gasteiger partial charge in [0.15, 0.2) is 5.78 Å². The molecule has 0 aromatic carbocycles. The van der Waals surface area contributed by atoms with Crippen LogP contribution in [-0.4, -0.2) is 23.9 Å². The van der Waals surface area contributed by atoms with Crippen LogP contribution in [0.1, 0.15) is 43.5 Å². The molecule has 0 spiro atoms. The number of anilines is 1. The Morgan fingerprint density at radius 1 is 1.41 bits per heavy atom. The molecule has 3 heteroatoms. The van der Waals surface area contributed by atoms with E-state index in [1.54, 1.807) is 19.2 Å². The Hall–Kier alpha value is -1.38. The molecule has 3 nitrogen and oxygen atoms in total. The first-order chi connectivity index (χ1) is 8.16. The lowest BCUT2D eigenvalue weighted by molar-refractivity contribution is 0.101. The van der Waals surface area contributed by atoms with Crippen LogP contribution in [0.25, 0.3) is 0 Å². The highest BCUT2D eigenvalue weighted by molar-refractivity contribution is 5.94. The molecule has 2 rings (SSSR count). The zero-order chi connectivity index (χ0) is 12.3. The van der Waals surface area contributed by atoms with Crippen molar-refractivity contribution in [2.45, 2.75) is 33.1 Å². The normalized spacial score (nSPS) is 21.1. The summed E-state index contributed by atoms with van der Waals surface area (Å²) in [6, 6.07) is 3.70. The van der Waals surface area contributed by atoms with Gasteiger partial charge in [0.2, 0.25) is 0 Å². The number of aromatic nitrogens is 1. The summed E-state index contributed by atoms with van der Waals surface area (Å²) in [5, 5.41) is 0. The highest BCUT2D eigenvalue weighted by Gasteiger charge is 2.15. The van der Waals surface area contributed by atoms with Crippen molar-refractivity contribution in [3.8, 4) is 0 Å². The smallest absolute Gasteiger partial charge is 0.159 e. The number of carbonyl (C=O) groups excluding carboxylic acids is 1. The van der Waals surface area contributed by atoms with Crippen molar-refractivity contribution in [2.24, 2.45) is 5.92 Å². The fourth-order valence-electron chi connectivity index (χ4n) is 2.30. The molecule has 1 aliphatic heterocycles. The number of pyridine rings is 1. The molecule has 2 heterocycles. The summed E-state index contributed by atoms with van der Waals surface area (Å²) in [7, 11) is 0. The average molecular weight is 232 g/mol. The summed E-state index contributed by atoms with van der Waals surface area (Å²) in [6.45, 7) is 6.01. The fourth-order valence-corrected chi connectivity index (χ4v) is 2.30. The zero-order valence-corrected chi connectivity index (χ0v) is 10.6. The van der Waals surface area contributed by atoms with Gasteiger partial charge in [0.25, 0.3) is 0 Å². The second-order valence-corrected chi connectivity index (χ2v) is 4.98. The number of hydrogen-bond acceptors (Lipinski definition) is 3. The molecule has 0 bridgehead atoms. The number of hydrogen-bond donors (Lipinski definition) is 0. The van der Waals surface area contributed by atoms with E-state index in [-0.39, 0.29) is 5.78 Å². The number of Topliss-reactive ketones (excluding diaryl/α,β-unsaturated/α-hetero) is 1. The third-order valence-corrected chi connectivity index (χ3v) is 3.49. The molecule has 0 amide bonds. The number of ketones is 1. The molecule has 1 fully saturated rings. The minimum atomic E-state index is 0.108. The lowest BCUT2D eigenvalue weighted by atomic mass is 10.0. The molecule has 17 heavy (non-hydrogen) atoms. The molecule has 1 unspecified atom stereocenters. The molecular formula is C14H20N2O. The Kier molecular flexibility index (Phi) is 3.77.